The molecule has 0 aliphatic rings. The Balaban J connectivity index is 2.38. The number of fused-ring (bicyclic) bond motifs is 1. The summed E-state index contributed by atoms with van der Waals surface area (Å²) in [4.78, 5) is 21.3. The van der Waals surface area contributed by atoms with E-state index in [-0.39, 0.29) is 0 Å². The van der Waals surface area contributed by atoms with Crippen LogP contribution in [0.1, 0.15) is 42.0 Å². The van der Waals surface area contributed by atoms with E-state index in [0.29, 0.717) is 40.0 Å². The fourth-order valence-electron chi connectivity index (χ4n) is 3.15. The zero-order valence-corrected chi connectivity index (χ0v) is 16.9. The fraction of sp³-hybridized carbons (Fsp3) is 0.190. The van der Waals surface area contributed by atoms with E-state index in [1.807, 2.05) is 26.8 Å². The summed E-state index contributed by atoms with van der Waals surface area (Å²) in [5.41, 5.74) is 17.0. The Hall–Kier alpha value is -3.19. The number of nitrogens with two attached hydrogens (primary N) is 2. The van der Waals surface area contributed by atoms with Crippen molar-refractivity contribution in [3.8, 4) is 0 Å². The smallest absolute Gasteiger partial charge is 0.250 e. The molecule has 0 unspecified atom stereocenters. The van der Waals surface area contributed by atoms with Crippen LogP contribution in [0.3, 0.4) is 0 Å². The molecule has 3 rings (SSSR count). The lowest BCUT2D eigenvalue weighted by Crippen LogP contribution is -2.13. The molecule has 144 valence electrons. The van der Waals surface area contributed by atoms with Crippen LogP contribution in [0.2, 0.25) is 0 Å². The zero-order valence-electron chi connectivity index (χ0n) is 16.1. The number of carbonyl (C=O) groups excluding carboxylic acids is 1. The number of allylic oxidation sites excluding steroid dienone is 1. The third-order valence-electron chi connectivity index (χ3n) is 4.47. The van der Waals surface area contributed by atoms with Gasteiger partial charge in [0, 0.05) is 33.2 Å². The lowest BCUT2D eigenvalue weighted by Gasteiger charge is -2.06. The molecule has 0 saturated carbocycles. The molecule has 7 heteroatoms. The molecule has 1 aromatic carbocycles. The number of nitrogen functional groups attached to an aromatic ring is 1. The van der Waals surface area contributed by atoms with Crippen LogP contribution in [0, 0.1) is 12.3 Å². The molecule has 0 spiro atoms. The van der Waals surface area contributed by atoms with Gasteiger partial charge in [-0.25, -0.2) is 4.99 Å². The number of carbonyl (C=O) groups is 1. The number of aromatic nitrogens is 1. The van der Waals surface area contributed by atoms with Gasteiger partial charge in [0.25, 0.3) is 5.91 Å². The van der Waals surface area contributed by atoms with Gasteiger partial charge in [-0.3, -0.25) is 4.79 Å². The number of nitrogens with one attached hydrogen (secondary N) is 2. The maximum atomic E-state index is 12.1. The molecule has 6 nitrogen and oxygen atoms in total. The minimum Gasteiger partial charge on any atom is -0.398 e. The quantitative estimate of drug-likeness (QED) is 0.279. The third kappa shape index (κ3) is 3.48. The van der Waals surface area contributed by atoms with Crippen molar-refractivity contribution >= 4 is 57.0 Å². The van der Waals surface area contributed by atoms with Gasteiger partial charge in [-0.1, -0.05) is 13.0 Å². The lowest BCUT2D eigenvalue weighted by atomic mass is 10.0. The second-order valence-corrected chi connectivity index (χ2v) is 7.47. The Morgan fingerprint density at radius 3 is 2.71 bits per heavy atom. The van der Waals surface area contributed by atoms with Crippen LogP contribution in [-0.2, 0) is 4.79 Å². The topological polar surface area (TPSA) is 121 Å². The Labute approximate surface area is 167 Å². The number of aryl methyl sites for hydroxylation is 1. The highest BCUT2D eigenvalue weighted by Gasteiger charge is 2.21. The number of hydrogen-bond acceptors (Lipinski definition) is 5. The van der Waals surface area contributed by atoms with E-state index in [1.54, 1.807) is 23.5 Å². The van der Waals surface area contributed by atoms with Crippen LogP contribution >= 0.6 is 11.3 Å². The number of amides is 1. The number of benzene rings is 1. The highest BCUT2D eigenvalue weighted by atomic mass is 32.1. The SMILES string of the molecule is CC/C=C(\C(N)=O)c1[nH]c2ccc(N)c(C=N)c2c1N=C(C)c1cc(C)cs1. The number of nitrogens with zero attached hydrogens (tertiary/aromatic N) is 1. The standard InChI is InChI=1S/C21H23N5OS/c1-4-5-13(21(24)27)19-20(25-12(3)17-8-11(2)10-28-17)18-14(9-22)15(23)6-7-16(18)26-19/h5-10,22,26H,4,23H2,1-3H3,(H2,24,27)/b13-5-,22-9?,25-12?. The normalized spacial score (nSPS) is 12.5. The van der Waals surface area contributed by atoms with Crippen molar-refractivity contribution in [1.82, 2.24) is 4.98 Å². The molecule has 28 heavy (non-hydrogen) atoms. The second-order valence-electron chi connectivity index (χ2n) is 6.56. The van der Waals surface area contributed by atoms with E-state index in [9.17, 15) is 4.79 Å². The number of rotatable bonds is 6. The first kappa shape index (κ1) is 19.6. The second kappa shape index (κ2) is 7.82. The Morgan fingerprint density at radius 2 is 2.14 bits per heavy atom. The summed E-state index contributed by atoms with van der Waals surface area (Å²) in [5, 5.41) is 10.6. The van der Waals surface area contributed by atoms with Crippen molar-refractivity contribution in [2.75, 3.05) is 5.73 Å². The van der Waals surface area contributed by atoms with Crippen molar-refractivity contribution in [3.05, 3.63) is 51.4 Å². The lowest BCUT2D eigenvalue weighted by molar-refractivity contribution is -0.112. The van der Waals surface area contributed by atoms with Crippen molar-refractivity contribution in [2.24, 2.45) is 10.7 Å². The number of thiophene rings is 1. The van der Waals surface area contributed by atoms with Gasteiger partial charge in [-0.05, 0) is 49.4 Å². The van der Waals surface area contributed by atoms with Gasteiger partial charge in [-0.2, -0.15) is 0 Å². The molecule has 0 aliphatic heterocycles. The van der Waals surface area contributed by atoms with Gasteiger partial charge >= 0.3 is 0 Å². The first-order valence-electron chi connectivity index (χ1n) is 8.93. The first-order chi connectivity index (χ1) is 13.4. The zero-order chi connectivity index (χ0) is 20.4. The Bertz CT molecular complexity index is 1130. The number of H-pyrrole nitrogens is 1. The summed E-state index contributed by atoms with van der Waals surface area (Å²) in [6.45, 7) is 5.90. The van der Waals surface area contributed by atoms with Crippen molar-refractivity contribution in [1.29, 1.82) is 5.41 Å². The predicted molar refractivity (Wildman–Crippen MR) is 119 cm³/mol. The highest BCUT2D eigenvalue weighted by molar-refractivity contribution is 7.12. The summed E-state index contributed by atoms with van der Waals surface area (Å²) in [5.74, 6) is -0.529. The summed E-state index contributed by atoms with van der Waals surface area (Å²) in [7, 11) is 0. The van der Waals surface area contributed by atoms with Gasteiger partial charge in [0.15, 0.2) is 0 Å². The molecule has 0 bridgehead atoms. The molecule has 3 aromatic rings. The molecule has 2 aromatic heterocycles. The van der Waals surface area contributed by atoms with Crippen LogP contribution in [-0.4, -0.2) is 22.8 Å². The number of primary amides is 1. The third-order valence-corrected chi connectivity index (χ3v) is 5.62. The number of anilines is 1. The van der Waals surface area contributed by atoms with Gasteiger partial charge in [0.1, 0.15) is 0 Å². The van der Waals surface area contributed by atoms with Crippen LogP contribution in [0.4, 0.5) is 11.4 Å². The van der Waals surface area contributed by atoms with E-state index in [1.165, 1.54) is 11.8 Å². The number of aromatic amines is 1. The van der Waals surface area contributed by atoms with Gasteiger partial charge in [-0.15, -0.1) is 11.3 Å². The maximum absolute atomic E-state index is 12.1. The summed E-state index contributed by atoms with van der Waals surface area (Å²) < 4.78 is 0. The van der Waals surface area contributed by atoms with E-state index < -0.39 is 5.91 Å². The molecule has 1 amide bonds. The maximum Gasteiger partial charge on any atom is 0.250 e. The van der Waals surface area contributed by atoms with E-state index >= 15 is 0 Å². The first-order valence-corrected chi connectivity index (χ1v) is 9.81. The van der Waals surface area contributed by atoms with Crippen LogP contribution < -0.4 is 11.5 Å². The monoisotopic (exact) mass is 393 g/mol. The van der Waals surface area contributed by atoms with E-state index in [2.05, 4.69) is 16.4 Å². The fourth-order valence-corrected chi connectivity index (χ4v) is 4.00. The molecule has 0 atom stereocenters. The molecule has 2 heterocycles. The van der Waals surface area contributed by atoms with Crippen LogP contribution in [0.15, 0.2) is 34.6 Å². The van der Waals surface area contributed by atoms with Crippen molar-refractivity contribution in [3.63, 3.8) is 0 Å². The van der Waals surface area contributed by atoms with Gasteiger partial charge in [0.05, 0.1) is 22.7 Å². The molecule has 0 fully saturated rings. The molecule has 6 N–H and O–H groups in total. The van der Waals surface area contributed by atoms with E-state index in [4.69, 9.17) is 21.9 Å². The van der Waals surface area contributed by atoms with Crippen LogP contribution in [0.5, 0.6) is 0 Å². The van der Waals surface area contributed by atoms with Gasteiger partial charge in [0.2, 0.25) is 0 Å². The predicted octanol–water partition coefficient (Wildman–Crippen LogP) is 4.54. The Morgan fingerprint density at radius 1 is 1.39 bits per heavy atom. The van der Waals surface area contributed by atoms with Crippen molar-refractivity contribution in [2.45, 2.75) is 27.2 Å². The van der Waals surface area contributed by atoms with E-state index in [0.717, 1.165) is 16.1 Å². The summed E-state index contributed by atoms with van der Waals surface area (Å²) in [6.07, 6.45) is 3.65. The average Bonchev–Trinajstić information content (AvgIpc) is 3.24. The molecule has 0 radical (unpaired) electrons. The van der Waals surface area contributed by atoms with Gasteiger partial charge < -0.3 is 21.9 Å². The summed E-state index contributed by atoms with van der Waals surface area (Å²) >= 11 is 1.61. The minimum absolute atomic E-state index is 0.377. The molecular formula is C21H23N5OS. The van der Waals surface area contributed by atoms with Crippen LogP contribution in [0.25, 0.3) is 16.5 Å². The molecule has 0 saturated heterocycles. The average molecular weight is 394 g/mol. The van der Waals surface area contributed by atoms with Crippen molar-refractivity contribution < 1.29 is 4.79 Å². The largest absolute Gasteiger partial charge is 0.398 e. The summed E-state index contributed by atoms with van der Waals surface area (Å²) in [6, 6.07) is 5.63. The molecular weight excluding hydrogens is 370 g/mol. The Kier molecular flexibility index (Phi) is 5.46. The minimum atomic E-state index is -0.529. The number of hydrogen-bond donors (Lipinski definition) is 4. The number of aliphatic imine (C=N–C) groups is 1. The molecule has 0 aliphatic carbocycles. The highest BCUT2D eigenvalue weighted by Crippen LogP contribution is 2.39.